The molecule has 18 heavy (non-hydrogen) atoms. The lowest BCUT2D eigenvalue weighted by atomic mass is 10.2. The lowest BCUT2D eigenvalue weighted by Gasteiger charge is -2.06. The van der Waals surface area contributed by atoms with Gasteiger partial charge in [0.05, 0.1) is 5.69 Å². The Hall–Kier alpha value is -2.21. The molecule has 1 heterocycles. The number of benzene rings is 1. The minimum absolute atomic E-state index is 0.00199. The average molecular weight is 245 g/mol. The van der Waals surface area contributed by atoms with Crippen LogP contribution in [-0.2, 0) is 4.79 Å². The molecule has 6 nitrogen and oxygen atoms in total. The number of carbonyl (C=O) groups is 1. The van der Waals surface area contributed by atoms with E-state index in [-0.39, 0.29) is 5.91 Å². The first-order chi connectivity index (χ1) is 8.79. The quantitative estimate of drug-likeness (QED) is 0.818. The van der Waals surface area contributed by atoms with Gasteiger partial charge in [0.1, 0.15) is 12.7 Å². The molecular formula is C12H15N5O. The van der Waals surface area contributed by atoms with Crippen LogP contribution in [0.2, 0.25) is 0 Å². The maximum Gasteiger partial charge on any atom is 0.225 e. The molecule has 0 unspecified atom stereocenters. The summed E-state index contributed by atoms with van der Waals surface area (Å²) < 4.78 is 1.66. The van der Waals surface area contributed by atoms with Crippen molar-refractivity contribution in [3.8, 4) is 5.69 Å². The van der Waals surface area contributed by atoms with Gasteiger partial charge in [-0.3, -0.25) is 4.79 Å². The van der Waals surface area contributed by atoms with E-state index in [9.17, 15) is 4.79 Å². The van der Waals surface area contributed by atoms with Crippen LogP contribution in [0, 0.1) is 0 Å². The zero-order valence-electron chi connectivity index (χ0n) is 10.1. The summed E-state index contributed by atoms with van der Waals surface area (Å²) in [5.41, 5.74) is 1.68. The van der Waals surface area contributed by atoms with E-state index in [1.165, 1.54) is 6.33 Å². The molecule has 94 valence electrons. The van der Waals surface area contributed by atoms with Gasteiger partial charge < -0.3 is 10.6 Å². The van der Waals surface area contributed by atoms with Gasteiger partial charge in [-0.25, -0.2) is 9.67 Å². The van der Waals surface area contributed by atoms with Crippen molar-refractivity contribution in [3.63, 3.8) is 0 Å². The first-order valence-electron chi connectivity index (χ1n) is 5.69. The predicted octanol–water partition coefficient (Wildman–Crippen LogP) is 0.815. The fourth-order valence-corrected chi connectivity index (χ4v) is 1.50. The van der Waals surface area contributed by atoms with E-state index in [0.717, 1.165) is 11.4 Å². The van der Waals surface area contributed by atoms with Crippen molar-refractivity contribution in [2.45, 2.75) is 6.42 Å². The van der Waals surface area contributed by atoms with E-state index >= 15 is 0 Å². The summed E-state index contributed by atoms with van der Waals surface area (Å²) in [5, 5.41) is 9.79. The van der Waals surface area contributed by atoms with Crippen LogP contribution in [0.4, 0.5) is 5.69 Å². The van der Waals surface area contributed by atoms with E-state index in [2.05, 4.69) is 20.7 Å². The first kappa shape index (κ1) is 12.3. The van der Waals surface area contributed by atoms with Gasteiger partial charge >= 0.3 is 0 Å². The Morgan fingerprint density at radius 1 is 1.33 bits per heavy atom. The van der Waals surface area contributed by atoms with Crippen molar-refractivity contribution in [2.75, 3.05) is 18.9 Å². The Kier molecular flexibility index (Phi) is 4.03. The summed E-state index contributed by atoms with van der Waals surface area (Å²) in [4.78, 5) is 15.4. The zero-order valence-corrected chi connectivity index (χ0v) is 10.1. The van der Waals surface area contributed by atoms with E-state index in [1.807, 2.05) is 31.3 Å². The normalized spacial score (nSPS) is 10.3. The Morgan fingerprint density at radius 2 is 2.11 bits per heavy atom. The van der Waals surface area contributed by atoms with Gasteiger partial charge in [-0.15, -0.1) is 0 Å². The van der Waals surface area contributed by atoms with E-state index in [1.54, 1.807) is 11.0 Å². The Balaban J connectivity index is 1.98. The molecule has 0 aliphatic carbocycles. The maximum absolute atomic E-state index is 11.5. The molecule has 0 bridgehead atoms. The number of nitrogens with one attached hydrogen (secondary N) is 2. The van der Waals surface area contributed by atoms with Gasteiger partial charge in [-0.1, -0.05) is 0 Å². The summed E-state index contributed by atoms with van der Waals surface area (Å²) in [6, 6.07) is 7.44. The molecule has 1 aromatic heterocycles. The summed E-state index contributed by atoms with van der Waals surface area (Å²) in [6.45, 7) is 0.670. The Labute approximate surface area is 105 Å². The fourth-order valence-electron chi connectivity index (χ4n) is 1.50. The number of rotatable bonds is 5. The molecule has 2 N–H and O–H groups in total. The third kappa shape index (κ3) is 3.14. The van der Waals surface area contributed by atoms with Crippen molar-refractivity contribution >= 4 is 11.6 Å². The molecule has 0 aliphatic rings. The standard InChI is InChI=1S/C12H15N5O/c1-13-7-6-12(18)16-10-2-4-11(5-3-10)17-9-14-8-15-17/h2-5,8-9,13H,6-7H2,1H3,(H,16,18). The topological polar surface area (TPSA) is 71.8 Å². The molecule has 1 aromatic carbocycles. The third-order valence-corrected chi connectivity index (χ3v) is 2.44. The molecule has 0 saturated carbocycles. The monoisotopic (exact) mass is 245 g/mol. The van der Waals surface area contributed by atoms with Crippen LogP contribution in [0.25, 0.3) is 5.69 Å². The summed E-state index contributed by atoms with van der Waals surface area (Å²) in [6.07, 6.45) is 3.56. The van der Waals surface area contributed by atoms with Crippen LogP contribution < -0.4 is 10.6 Å². The highest BCUT2D eigenvalue weighted by Gasteiger charge is 2.02. The van der Waals surface area contributed by atoms with Gasteiger partial charge in [0.25, 0.3) is 0 Å². The van der Waals surface area contributed by atoms with Crippen molar-refractivity contribution in [1.82, 2.24) is 20.1 Å². The van der Waals surface area contributed by atoms with Crippen LogP contribution in [0.5, 0.6) is 0 Å². The SMILES string of the molecule is CNCCC(=O)Nc1ccc(-n2cncn2)cc1. The van der Waals surface area contributed by atoms with Crippen LogP contribution in [-0.4, -0.2) is 34.3 Å². The second kappa shape index (κ2) is 5.92. The molecule has 0 fully saturated rings. The third-order valence-electron chi connectivity index (χ3n) is 2.44. The van der Waals surface area contributed by atoms with Gasteiger partial charge in [0, 0.05) is 18.7 Å². The molecule has 0 radical (unpaired) electrons. The number of hydrogen-bond donors (Lipinski definition) is 2. The van der Waals surface area contributed by atoms with Crippen LogP contribution in [0.15, 0.2) is 36.9 Å². The number of carbonyl (C=O) groups excluding carboxylic acids is 1. The summed E-state index contributed by atoms with van der Waals surface area (Å²) in [7, 11) is 1.82. The number of amides is 1. The molecule has 0 aliphatic heterocycles. The Morgan fingerprint density at radius 3 is 2.72 bits per heavy atom. The lowest BCUT2D eigenvalue weighted by molar-refractivity contribution is -0.116. The number of hydrogen-bond acceptors (Lipinski definition) is 4. The lowest BCUT2D eigenvalue weighted by Crippen LogP contribution is -2.18. The second-order valence-electron chi connectivity index (χ2n) is 3.79. The highest BCUT2D eigenvalue weighted by molar-refractivity contribution is 5.90. The zero-order chi connectivity index (χ0) is 12.8. The van der Waals surface area contributed by atoms with Crippen LogP contribution in [0.3, 0.4) is 0 Å². The predicted molar refractivity (Wildman–Crippen MR) is 68.5 cm³/mol. The van der Waals surface area contributed by atoms with Gasteiger partial charge in [0.2, 0.25) is 5.91 Å². The molecule has 2 aromatic rings. The smallest absolute Gasteiger partial charge is 0.225 e. The summed E-state index contributed by atoms with van der Waals surface area (Å²) in [5.74, 6) is -0.00199. The molecule has 6 heteroatoms. The van der Waals surface area contributed by atoms with Gasteiger partial charge in [-0.05, 0) is 31.3 Å². The molecule has 0 atom stereocenters. The van der Waals surface area contributed by atoms with E-state index < -0.39 is 0 Å². The van der Waals surface area contributed by atoms with Crippen molar-refractivity contribution in [2.24, 2.45) is 0 Å². The van der Waals surface area contributed by atoms with Crippen LogP contribution in [0.1, 0.15) is 6.42 Å². The minimum Gasteiger partial charge on any atom is -0.326 e. The molecule has 0 saturated heterocycles. The molecule has 1 amide bonds. The minimum atomic E-state index is -0.00199. The maximum atomic E-state index is 11.5. The molecule has 2 rings (SSSR count). The molecular weight excluding hydrogens is 230 g/mol. The second-order valence-corrected chi connectivity index (χ2v) is 3.79. The van der Waals surface area contributed by atoms with Crippen molar-refractivity contribution in [1.29, 1.82) is 0 Å². The first-order valence-corrected chi connectivity index (χ1v) is 5.69. The average Bonchev–Trinajstić information content (AvgIpc) is 2.91. The van der Waals surface area contributed by atoms with Gasteiger partial charge in [0.15, 0.2) is 0 Å². The number of aromatic nitrogens is 3. The summed E-state index contributed by atoms with van der Waals surface area (Å²) >= 11 is 0. The number of nitrogens with zero attached hydrogens (tertiary/aromatic N) is 3. The number of anilines is 1. The Bertz CT molecular complexity index is 492. The highest BCUT2D eigenvalue weighted by atomic mass is 16.1. The fraction of sp³-hybridized carbons (Fsp3) is 0.250. The molecule has 0 spiro atoms. The van der Waals surface area contributed by atoms with Crippen LogP contribution >= 0.6 is 0 Å². The largest absolute Gasteiger partial charge is 0.326 e. The van der Waals surface area contributed by atoms with E-state index in [0.29, 0.717) is 13.0 Å². The van der Waals surface area contributed by atoms with E-state index in [4.69, 9.17) is 0 Å². The highest BCUT2D eigenvalue weighted by Crippen LogP contribution is 2.12. The van der Waals surface area contributed by atoms with Gasteiger partial charge in [-0.2, -0.15) is 5.10 Å². The van der Waals surface area contributed by atoms with Crippen molar-refractivity contribution in [3.05, 3.63) is 36.9 Å². The van der Waals surface area contributed by atoms with Crippen molar-refractivity contribution < 1.29 is 4.79 Å².